The molecule has 2 aromatic carbocycles. The van der Waals surface area contributed by atoms with Crippen molar-refractivity contribution in [3.8, 4) is 5.75 Å². The highest BCUT2D eigenvalue weighted by Gasteiger charge is 2.45. The highest BCUT2D eigenvalue weighted by Crippen LogP contribution is 2.40. The number of aliphatic hydroxyl groups excluding tert-OH is 1. The summed E-state index contributed by atoms with van der Waals surface area (Å²) in [6.45, 7) is 3.17. The number of ketones is 1. The first-order chi connectivity index (χ1) is 15.3. The van der Waals surface area contributed by atoms with Crippen LogP contribution in [-0.2, 0) is 16.0 Å². The summed E-state index contributed by atoms with van der Waals surface area (Å²) in [6.07, 6.45) is 1.51. The second-order valence-electron chi connectivity index (χ2n) is 8.66. The molecule has 2 atom stereocenters. The van der Waals surface area contributed by atoms with Crippen LogP contribution < -0.4 is 4.74 Å². The molecule has 2 aliphatic rings. The van der Waals surface area contributed by atoms with Gasteiger partial charge in [-0.3, -0.25) is 9.59 Å². The summed E-state index contributed by atoms with van der Waals surface area (Å²) in [5.74, 6) is -0.644. The summed E-state index contributed by atoms with van der Waals surface area (Å²) in [5, 5.41) is 11.8. The van der Waals surface area contributed by atoms with Gasteiger partial charge in [-0.1, -0.05) is 23.7 Å². The van der Waals surface area contributed by atoms with E-state index in [-0.39, 0.29) is 17.4 Å². The van der Waals surface area contributed by atoms with Crippen LogP contribution in [-0.4, -0.2) is 59.9 Å². The number of halogens is 1. The first-order valence-electron chi connectivity index (χ1n) is 10.7. The molecule has 32 heavy (non-hydrogen) atoms. The Labute approximate surface area is 193 Å². The lowest BCUT2D eigenvalue weighted by atomic mass is 9.94. The van der Waals surface area contributed by atoms with Gasteiger partial charge in [0.15, 0.2) is 0 Å². The molecule has 1 saturated heterocycles. The zero-order chi connectivity index (χ0) is 23.0. The molecule has 2 aromatic rings. The van der Waals surface area contributed by atoms with E-state index in [1.54, 1.807) is 41.3 Å². The van der Waals surface area contributed by atoms with Gasteiger partial charge in [-0.05, 0) is 75.4 Å². The molecule has 2 heterocycles. The molecule has 1 fully saturated rings. The zero-order valence-corrected chi connectivity index (χ0v) is 19.2. The van der Waals surface area contributed by atoms with E-state index in [1.807, 2.05) is 32.0 Å². The Morgan fingerprint density at radius 2 is 1.91 bits per heavy atom. The first kappa shape index (κ1) is 22.4. The fraction of sp³-hybridized carbons (Fsp3) is 0.360. The molecule has 1 N–H and O–H groups in total. The van der Waals surface area contributed by atoms with Gasteiger partial charge in [0.1, 0.15) is 17.6 Å². The number of benzene rings is 2. The molecule has 0 aromatic heterocycles. The summed E-state index contributed by atoms with van der Waals surface area (Å²) >= 11 is 6.06. The number of nitrogens with zero attached hydrogens (tertiary/aromatic N) is 2. The average Bonchev–Trinajstić information content (AvgIpc) is 3.24. The molecular formula is C25H27ClN2O4. The summed E-state index contributed by atoms with van der Waals surface area (Å²) in [7, 11) is 3.92. The third-order valence-corrected chi connectivity index (χ3v) is 6.15. The van der Waals surface area contributed by atoms with Gasteiger partial charge in [0, 0.05) is 23.6 Å². The van der Waals surface area contributed by atoms with Gasteiger partial charge in [0.25, 0.3) is 11.7 Å². The van der Waals surface area contributed by atoms with Gasteiger partial charge in [0.2, 0.25) is 0 Å². The Bertz CT molecular complexity index is 1080. The Morgan fingerprint density at radius 3 is 2.59 bits per heavy atom. The molecule has 0 spiro atoms. The van der Waals surface area contributed by atoms with E-state index in [0.29, 0.717) is 23.6 Å². The number of fused-ring (bicyclic) bond motifs is 1. The summed E-state index contributed by atoms with van der Waals surface area (Å²) in [4.78, 5) is 29.7. The quantitative estimate of drug-likeness (QED) is 0.405. The largest absolute Gasteiger partial charge is 0.507 e. The van der Waals surface area contributed by atoms with E-state index in [2.05, 4.69) is 0 Å². The molecule has 1 amide bonds. The Kier molecular flexibility index (Phi) is 6.26. The first-order valence-corrected chi connectivity index (χ1v) is 11.1. The third kappa shape index (κ3) is 4.25. The molecule has 7 heteroatoms. The van der Waals surface area contributed by atoms with E-state index >= 15 is 0 Å². The number of hydrogen-bond donors (Lipinski definition) is 1. The predicted octanol–water partition coefficient (Wildman–Crippen LogP) is 4.04. The van der Waals surface area contributed by atoms with Gasteiger partial charge in [-0.2, -0.15) is 0 Å². The molecule has 0 radical (unpaired) electrons. The predicted molar refractivity (Wildman–Crippen MR) is 124 cm³/mol. The monoisotopic (exact) mass is 454 g/mol. The Balaban J connectivity index is 1.77. The third-order valence-electron chi connectivity index (χ3n) is 5.90. The van der Waals surface area contributed by atoms with Gasteiger partial charge in [-0.25, -0.2) is 0 Å². The molecule has 0 bridgehead atoms. The molecule has 168 valence electrons. The summed E-state index contributed by atoms with van der Waals surface area (Å²) in [6, 6.07) is 11.7. The fourth-order valence-electron chi connectivity index (χ4n) is 4.38. The van der Waals surface area contributed by atoms with Gasteiger partial charge in [-0.15, -0.1) is 0 Å². The highest BCUT2D eigenvalue weighted by atomic mass is 35.5. The van der Waals surface area contributed by atoms with Crippen molar-refractivity contribution in [3.63, 3.8) is 0 Å². The van der Waals surface area contributed by atoms with Crippen molar-refractivity contribution in [2.75, 3.05) is 27.2 Å². The summed E-state index contributed by atoms with van der Waals surface area (Å²) < 4.78 is 5.74. The van der Waals surface area contributed by atoms with Crippen molar-refractivity contribution in [3.05, 3.63) is 69.8 Å². The van der Waals surface area contributed by atoms with Crippen LogP contribution in [0.5, 0.6) is 5.75 Å². The van der Waals surface area contributed by atoms with E-state index in [1.165, 1.54) is 0 Å². The lowest BCUT2D eigenvalue weighted by Crippen LogP contribution is -2.32. The highest BCUT2D eigenvalue weighted by molar-refractivity contribution is 6.46. The number of Topliss-reactive ketones (excluding diaryl/α,β-unsaturated/α-hetero) is 1. The number of hydrogen-bond acceptors (Lipinski definition) is 5. The van der Waals surface area contributed by atoms with Crippen LogP contribution >= 0.6 is 11.6 Å². The minimum atomic E-state index is -0.669. The molecule has 6 nitrogen and oxygen atoms in total. The summed E-state index contributed by atoms with van der Waals surface area (Å²) in [5.41, 5.74) is 2.32. The minimum Gasteiger partial charge on any atom is -0.507 e. The minimum absolute atomic E-state index is 0.0683. The van der Waals surface area contributed by atoms with Crippen LogP contribution in [0.4, 0.5) is 0 Å². The second-order valence-corrected chi connectivity index (χ2v) is 9.09. The number of amides is 1. The van der Waals surface area contributed by atoms with Crippen molar-refractivity contribution in [1.29, 1.82) is 0 Å². The number of carbonyl (C=O) groups is 2. The SMILES string of the molecule is CC1Cc2cc(/C(O)=C3\C(=O)C(=O)N(CCCN(C)C)C3c3ccc(Cl)cc3)ccc2O1. The molecule has 4 rings (SSSR count). The standard InChI is InChI=1S/C25H27ClN2O4/c1-15-13-18-14-17(7-10-20(18)32-15)23(29)21-22(16-5-8-19(26)9-6-16)28(25(31)24(21)30)12-4-11-27(2)3/h5-10,14-15,22,29H,4,11-13H2,1-3H3/b23-21+. The molecule has 2 aliphatic heterocycles. The van der Waals surface area contributed by atoms with Crippen LogP contribution in [0.25, 0.3) is 5.76 Å². The smallest absolute Gasteiger partial charge is 0.295 e. The normalized spacial score (nSPS) is 21.8. The van der Waals surface area contributed by atoms with E-state index in [9.17, 15) is 14.7 Å². The number of carbonyl (C=O) groups excluding carboxylic acids is 2. The lowest BCUT2D eigenvalue weighted by Gasteiger charge is -2.26. The topological polar surface area (TPSA) is 70.1 Å². The number of aliphatic hydroxyl groups is 1. The van der Waals surface area contributed by atoms with E-state index in [4.69, 9.17) is 16.3 Å². The lowest BCUT2D eigenvalue weighted by molar-refractivity contribution is -0.139. The molecule has 2 unspecified atom stereocenters. The Morgan fingerprint density at radius 1 is 1.19 bits per heavy atom. The maximum atomic E-state index is 13.1. The van der Waals surface area contributed by atoms with Crippen molar-refractivity contribution < 1.29 is 19.4 Å². The maximum absolute atomic E-state index is 13.1. The maximum Gasteiger partial charge on any atom is 0.295 e. The van der Waals surface area contributed by atoms with Crippen LogP contribution in [0, 0.1) is 0 Å². The zero-order valence-electron chi connectivity index (χ0n) is 18.5. The van der Waals surface area contributed by atoms with Crippen molar-refractivity contribution in [1.82, 2.24) is 9.80 Å². The van der Waals surface area contributed by atoms with E-state index < -0.39 is 17.7 Å². The Hall–Kier alpha value is -2.83. The average molecular weight is 455 g/mol. The van der Waals surface area contributed by atoms with Crippen LogP contribution in [0.2, 0.25) is 5.02 Å². The van der Waals surface area contributed by atoms with Crippen LogP contribution in [0.3, 0.4) is 0 Å². The number of ether oxygens (including phenoxy) is 1. The van der Waals surface area contributed by atoms with Gasteiger partial charge in [0.05, 0.1) is 11.6 Å². The second kappa shape index (κ2) is 8.96. The van der Waals surface area contributed by atoms with Crippen molar-refractivity contribution in [2.24, 2.45) is 0 Å². The van der Waals surface area contributed by atoms with Gasteiger partial charge >= 0.3 is 0 Å². The van der Waals surface area contributed by atoms with Crippen molar-refractivity contribution >= 4 is 29.1 Å². The molecule has 0 saturated carbocycles. The van der Waals surface area contributed by atoms with E-state index in [0.717, 1.165) is 29.8 Å². The number of likely N-dealkylation sites (tertiary alicyclic amines) is 1. The van der Waals surface area contributed by atoms with Crippen molar-refractivity contribution in [2.45, 2.75) is 31.9 Å². The van der Waals surface area contributed by atoms with Crippen LogP contribution in [0.15, 0.2) is 48.0 Å². The number of rotatable bonds is 6. The molecule has 0 aliphatic carbocycles. The molecular weight excluding hydrogens is 428 g/mol. The van der Waals surface area contributed by atoms with Gasteiger partial charge < -0.3 is 19.6 Å². The fourth-order valence-corrected chi connectivity index (χ4v) is 4.51. The van der Waals surface area contributed by atoms with Crippen LogP contribution in [0.1, 0.15) is 36.1 Å².